The number of carbonyl (C=O) groups is 2. The van der Waals surface area contributed by atoms with Gasteiger partial charge in [-0.1, -0.05) is 13.8 Å². The van der Waals surface area contributed by atoms with Crippen LogP contribution in [0.1, 0.15) is 33.1 Å². The van der Waals surface area contributed by atoms with Crippen molar-refractivity contribution < 1.29 is 14.7 Å². The fourth-order valence-corrected chi connectivity index (χ4v) is 1.94. The molecule has 0 aromatic heterocycles. The van der Waals surface area contributed by atoms with Gasteiger partial charge < -0.3 is 15.3 Å². The van der Waals surface area contributed by atoms with E-state index in [2.05, 4.69) is 19.2 Å². The number of rotatable bonds is 4. The molecule has 5 nitrogen and oxygen atoms in total. The van der Waals surface area contributed by atoms with Crippen molar-refractivity contribution in [1.29, 1.82) is 0 Å². The Bertz CT molecular complexity index is 279. The number of nitrogens with zero attached hydrogens (tertiary/aromatic N) is 1. The number of amides is 2. The smallest absolute Gasteiger partial charge is 0.317 e. The zero-order chi connectivity index (χ0) is 12.8. The van der Waals surface area contributed by atoms with E-state index >= 15 is 0 Å². The molecule has 1 heterocycles. The molecule has 0 aromatic carbocycles. The van der Waals surface area contributed by atoms with Gasteiger partial charge >= 0.3 is 12.0 Å². The molecule has 0 aliphatic carbocycles. The Balaban J connectivity index is 2.33. The molecule has 0 saturated carbocycles. The first-order valence-electron chi connectivity index (χ1n) is 6.26. The van der Waals surface area contributed by atoms with E-state index in [1.165, 1.54) is 0 Å². The van der Waals surface area contributed by atoms with Crippen molar-refractivity contribution in [1.82, 2.24) is 10.2 Å². The summed E-state index contributed by atoms with van der Waals surface area (Å²) in [7, 11) is 0. The Morgan fingerprint density at radius 3 is 2.76 bits per heavy atom. The van der Waals surface area contributed by atoms with Crippen LogP contribution in [-0.2, 0) is 4.79 Å². The maximum absolute atomic E-state index is 11.8. The predicted octanol–water partition coefficient (Wildman–Crippen LogP) is 1.54. The molecule has 0 unspecified atom stereocenters. The zero-order valence-corrected chi connectivity index (χ0v) is 10.6. The number of urea groups is 1. The summed E-state index contributed by atoms with van der Waals surface area (Å²) in [4.78, 5) is 24.3. The molecule has 1 aliphatic rings. The van der Waals surface area contributed by atoms with Crippen LogP contribution in [0.15, 0.2) is 0 Å². The highest BCUT2D eigenvalue weighted by Gasteiger charge is 2.27. The number of nitrogens with one attached hydrogen (secondary N) is 1. The van der Waals surface area contributed by atoms with E-state index in [9.17, 15) is 9.59 Å². The van der Waals surface area contributed by atoms with Crippen molar-refractivity contribution in [2.45, 2.75) is 33.1 Å². The fraction of sp³-hybridized carbons (Fsp3) is 0.833. The van der Waals surface area contributed by atoms with Crippen LogP contribution in [0.4, 0.5) is 4.79 Å². The first kappa shape index (κ1) is 13.8. The molecular weight excluding hydrogens is 220 g/mol. The quantitative estimate of drug-likeness (QED) is 0.785. The fourth-order valence-electron chi connectivity index (χ4n) is 1.94. The predicted molar refractivity (Wildman–Crippen MR) is 64.8 cm³/mol. The van der Waals surface area contributed by atoms with Gasteiger partial charge in [0.2, 0.25) is 0 Å². The first-order valence-corrected chi connectivity index (χ1v) is 6.26. The van der Waals surface area contributed by atoms with Crippen LogP contribution in [0.5, 0.6) is 0 Å². The molecule has 0 aromatic rings. The van der Waals surface area contributed by atoms with Gasteiger partial charge in [0, 0.05) is 19.6 Å². The highest BCUT2D eigenvalue weighted by atomic mass is 16.4. The third-order valence-electron chi connectivity index (χ3n) is 3.06. The van der Waals surface area contributed by atoms with Crippen molar-refractivity contribution in [3.63, 3.8) is 0 Å². The van der Waals surface area contributed by atoms with Gasteiger partial charge in [-0.15, -0.1) is 0 Å². The van der Waals surface area contributed by atoms with Gasteiger partial charge in [0.25, 0.3) is 0 Å². The summed E-state index contributed by atoms with van der Waals surface area (Å²) in [6, 6.07) is -0.128. The summed E-state index contributed by atoms with van der Waals surface area (Å²) < 4.78 is 0. The molecule has 1 rings (SSSR count). The number of carbonyl (C=O) groups excluding carboxylic acids is 1. The lowest BCUT2D eigenvalue weighted by molar-refractivity contribution is -0.143. The maximum Gasteiger partial charge on any atom is 0.317 e. The molecular formula is C12H22N2O3. The second kappa shape index (κ2) is 6.47. The molecule has 1 saturated heterocycles. The van der Waals surface area contributed by atoms with E-state index in [4.69, 9.17) is 5.11 Å². The van der Waals surface area contributed by atoms with E-state index in [1.807, 2.05) is 0 Å². The van der Waals surface area contributed by atoms with E-state index in [0.717, 1.165) is 12.8 Å². The Hall–Kier alpha value is -1.26. The number of hydrogen-bond donors (Lipinski definition) is 2. The minimum absolute atomic E-state index is 0.128. The van der Waals surface area contributed by atoms with Crippen molar-refractivity contribution >= 4 is 12.0 Å². The third-order valence-corrected chi connectivity index (χ3v) is 3.06. The van der Waals surface area contributed by atoms with E-state index in [1.54, 1.807) is 4.90 Å². The second-order valence-corrected chi connectivity index (χ2v) is 5.04. The SMILES string of the molecule is CC(C)CCNC(=O)N1CCC[C@H](C(=O)O)C1. The van der Waals surface area contributed by atoms with Gasteiger partial charge in [-0.2, -0.15) is 0 Å². The van der Waals surface area contributed by atoms with Crippen molar-refractivity contribution in [2.75, 3.05) is 19.6 Å². The molecule has 0 bridgehead atoms. The van der Waals surface area contributed by atoms with E-state index < -0.39 is 11.9 Å². The van der Waals surface area contributed by atoms with Gasteiger partial charge in [0.1, 0.15) is 0 Å². The van der Waals surface area contributed by atoms with Crippen LogP contribution in [0.2, 0.25) is 0 Å². The van der Waals surface area contributed by atoms with Crippen LogP contribution >= 0.6 is 0 Å². The van der Waals surface area contributed by atoms with E-state index in [-0.39, 0.29) is 6.03 Å². The van der Waals surface area contributed by atoms with Crippen LogP contribution in [-0.4, -0.2) is 41.6 Å². The van der Waals surface area contributed by atoms with Gasteiger partial charge in [0.05, 0.1) is 5.92 Å². The monoisotopic (exact) mass is 242 g/mol. The Morgan fingerprint density at radius 2 is 2.18 bits per heavy atom. The number of aliphatic carboxylic acids is 1. The van der Waals surface area contributed by atoms with Crippen LogP contribution in [0, 0.1) is 11.8 Å². The van der Waals surface area contributed by atoms with Crippen LogP contribution in [0.3, 0.4) is 0 Å². The molecule has 1 aliphatic heterocycles. The van der Waals surface area contributed by atoms with Crippen LogP contribution in [0.25, 0.3) is 0 Å². The number of piperidine rings is 1. The minimum Gasteiger partial charge on any atom is -0.481 e. The molecule has 1 fully saturated rings. The second-order valence-electron chi connectivity index (χ2n) is 5.04. The average Bonchev–Trinajstić information content (AvgIpc) is 2.28. The van der Waals surface area contributed by atoms with Crippen LogP contribution < -0.4 is 5.32 Å². The summed E-state index contributed by atoms with van der Waals surface area (Å²) in [5.74, 6) is -0.646. The van der Waals surface area contributed by atoms with Crippen molar-refractivity contribution in [2.24, 2.45) is 11.8 Å². The summed E-state index contributed by atoms with van der Waals surface area (Å²) >= 11 is 0. The minimum atomic E-state index is -0.801. The number of carboxylic acid groups (broad SMARTS) is 1. The Labute approximate surface area is 102 Å². The number of carboxylic acids is 1. The normalized spacial score (nSPS) is 20.4. The lowest BCUT2D eigenvalue weighted by Crippen LogP contribution is -2.47. The standard InChI is InChI=1S/C12H22N2O3/c1-9(2)5-6-13-12(17)14-7-3-4-10(8-14)11(15)16/h9-10H,3-8H2,1-2H3,(H,13,17)(H,15,16)/t10-/m0/s1. The highest BCUT2D eigenvalue weighted by Crippen LogP contribution is 2.16. The third kappa shape index (κ3) is 4.63. The van der Waals surface area contributed by atoms with E-state index in [0.29, 0.717) is 32.0 Å². The lowest BCUT2D eigenvalue weighted by Gasteiger charge is -2.30. The largest absolute Gasteiger partial charge is 0.481 e. The topological polar surface area (TPSA) is 69.6 Å². The van der Waals surface area contributed by atoms with Crippen molar-refractivity contribution in [3.05, 3.63) is 0 Å². The van der Waals surface area contributed by atoms with Gasteiger partial charge in [0.15, 0.2) is 0 Å². The zero-order valence-electron chi connectivity index (χ0n) is 10.6. The van der Waals surface area contributed by atoms with Gasteiger partial charge in [-0.3, -0.25) is 4.79 Å². The van der Waals surface area contributed by atoms with Crippen molar-refractivity contribution in [3.8, 4) is 0 Å². The summed E-state index contributed by atoms with van der Waals surface area (Å²) in [6.45, 7) is 5.87. The molecule has 17 heavy (non-hydrogen) atoms. The molecule has 0 spiro atoms. The number of hydrogen-bond acceptors (Lipinski definition) is 2. The maximum atomic E-state index is 11.8. The molecule has 2 N–H and O–H groups in total. The van der Waals surface area contributed by atoms with Gasteiger partial charge in [-0.05, 0) is 25.2 Å². The summed E-state index contributed by atoms with van der Waals surface area (Å²) in [5, 5.41) is 11.8. The molecule has 5 heteroatoms. The number of likely N-dealkylation sites (tertiary alicyclic amines) is 1. The average molecular weight is 242 g/mol. The molecule has 1 atom stereocenters. The molecule has 98 valence electrons. The summed E-state index contributed by atoms with van der Waals surface area (Å²) in [6.07, 6.45) is 2.39. The molecule has 0 radical (unpaired) electrons. The molecule has 2 amide bonds. The first-order chi connectivity index (χ1) is 8.00. The van der Waals surface area contributed by atoms with Gasteiger partial charge in [-0.25, -0.2) is 4.79 Å². The summed E-state index contributed by atoms with van der Waals surface area (Å²) in [5.41, 5.74) is 0. The lowest BCUT2D eigenvalue weighted by atomic mass is 9.99. The Morgan fingerprint density at radius 1 is 1.47 bits per heavy atom. The highest BCUT2D eigenvalue weighted by molar-refractivity contribution is 5.76. The Kier molecular flexibility index (Phi) is 5.25.